The predicted octanol–water partition coefficient (Wildman–Crippen LogP) is 2.61. The lowest BCUT2D eigenvalue weighted by molar-refractivity contribution is -0.136. The van der Waals surface area contributed by atoms with Crippen molar-refractivity contribution < 1.29 is 14.3 Å². The van der Waals surface area contributed by atoms with Crippen molar-refractivity contribution in [3.8, 4) is 0 Å². The predicted molar refractivity (Wildman–Crippen MR) is 112 cm³/mol. The molecule has 1 N–H and O–H groups in total. The van der Waals surface area contributed by atoms with E-state index in [2.05, 4.69) is 11.9 Å². The lowest BCUT2D eigenvalue weighted by Gasteiger charge is -2.37. The molecule has 1 unspecified atom stereocenters. The summed E-state index contributed by atoms with van der Waals surface area (Å²) >= 11 is 1.65. The molecule has 1 atom stereocenters. The molecule has 9 heteroatoms. The smallest absolute Gasteiger partial charge is 0.303 e. The number of nitrogens with zero attached hydrogens (tertiary/aromatic N) is 4. The van der Waals surface area contributed by atoms with Crippen molar-refractivity contribution in [2.24, 2.45) is 0 Å². The standard InChI is InChI=1S/C20H25FN4O3S/c1-23-8-6-16-18(7-9-23)29-20(22-16)24-10-11-25(28,13-24)17-4-2-14(12-15(17)21)3-5-19(26)27/h2,4,12H,3,5-11,13H2,1H3,(H,26,27). The SMILES string of the molecule is CN1CCc2nc(N3CC[N+]([O-])(c4ccc(CCC(=O)O)cc4F)C3)sc2CC1. The minimum atomic E-state index is -0.925. The number of fused-ring (bicyclic) bond motifs is 1. The zero-order chi connectivity index (χ0) is 20.6. The Labute approximate surface area is 173 Å². The summed E-state index contributed by atoms with van der Waals surface area (Å²) in [6, 6.07) is 4.46. The van der Waals surface area contributed by atoms with E-state index in [1.165, 1.54) is 17.0 Å². The molecule has 2 aromatic rings. The zero-order valence-corrected chi connectivity index (χ0v) is 17.3. The van der Waals surface area contributed by atoms with Crippen molar-refractivity contribution in [3.05, 3.63) is 45.4 Å². The number of carbonyl (C=O) groups is 1. The number of halogens is 1. The number of benzene rings is 1. The van der Waals surface area contributed by atoms with Crippen LogP contribution in [0.3, 0.4) is 0 Å². The van der Waals surface area contributed by atoms with Crippen molar-refractivity contribution >= 4 is 28.1 Å². The third kappa shape index (κ3) is 4.28. The van der Waals surface area contributed by atoms with Gasteiger partial charge in [-0.05, 0) is 31.5 Å². The van der Waals surface area contributed by atoms with Gasteiger partial charge in [0, 0.05) is 36.9 Å². The molecule has 1 saturated heterocycles. The molecule has 7 nitrogen and oxygen atoms in total. The van der Waals surface area contributed by atoms with Crippen LogP contribution in [-0.4, -0.2) is 60.9 Å². The molecule has 0 saturated carbocycles. The van der Waals surface area contributed by atoms with E-state index in [9.17, 15) is 14.4 Å². The Morgan fingerprint density at radius 3 is 2.90 bits per heavy atom. The van der Waals surface area contributed by atoms with Crippen LogP contribution in [-0.2, 0) is 24.1 Å². The van der Waals surface area contributed by atoms with Crippen LogP contribution >= 0.6 is 11.3 Å². The fraction of sp³-hybridized carbons (Fsp3) is 0.500. The number of hydrogen-bond donors (Lipinski definition) is 1. The van der Waals surface area contributed by atoms with E-state index in [-0.39, 0.29) is 31.7 Å². The summed E-state index contributed by atoms with van der Waals surface area (Å²) in [4.78, 5) is 21.0. The highest BCUT2D eigenvalue weighted by molar-refractivity contribution is 7.15. The fourth-order valence-electron chi connectivity index (χ4n) is 3.94. The van der Waals surface area contributed by atoms with Gasteiger partial charge in [-0.1, -0.05) is 6.07 Å². The number of aromatic nitrogens is 1. The first-order chi connectivity index (χ1) is 13.8. The Balaban J connectivity index is 1.49. The van der Waals surface area contributed by atoms with E-state index in [0.717, 1.165) is 36.8 Å². The van der Waals surface area contributed by atoms with Gasteiger partial charge < -0.3 is 19.9 Å². The van der Waals surface area contributed by atoms with Crippen molar-refractivity contribution in [1.29, 1.82) is 0 Å². The Bertz CT molecular complexity index is 896. The van der Waals surface area contributed by atoms with Crippen molar-refractivity contribution in [1.82, 2.24) is 14.5 Å². The first kappa shape index (κ1) is 20.2. The average Bonchev–Trinajstić information content (AvgIpc) is 3.23. The Morgan fingerprint density at radius 1 is 1.34 bits per heavy atom. The summed E-state index contributed by atoms with van der Waals surface area (Å²) < 4.78 is 13.9. The third-order valence-electron chi connectivity index (χ3n) is 5.70. The number of hydrogen-bond acceptors (Lipinski definition) is 6. The molecule has 1 fully saturated rings. The Morgan fingerprint density at radius 2 is 2.14 bits per heavy atom. The van der Waals surface area contributed by atoms with Crippen LogP contribution in [0.15, 0.2) is 18.2 Å². The summed E-state index contributed by atoms with van der Waals surface area (Å²) in [5, 5.41) is 23.0. The number of thiazole rings is 1. The van der Waals surface area contributed by atoms with E-state index in [0.29, 0.717) is 12.1 Å². The van der Waals surface area contributed by atoms with Gasteiger partial charge in [0.2, 0.25) is 0 Å². The third-order valence-corrected chi connectivity index (χ3v) is 6.92. The second-order valence-electron chi connectivity index (χ2n) is 7.87. The summed E-state index contributed by atoms with van der Waals surface area (Å²) in [7, 11) is 2.11. The molecule has 0 aliphatic carbocycles. The minimum absolute atomic E-state index is 0.0611. The van der Waals surface area contributed by atoms with Crippen LogP contribution in [0.4, 0.5) is 15.2 Å². The Kier molecular flexibility index (Phi) is 5.56. The molecular formula is C20H25FN4O3S. The quantitative estimate of drug-likeness (QED) is 0.592. The monoisotopic (exact) mass is 420 g/mol. The lowest BCUT2D eigenvalue weighted by Crippen LogP contribution is -2.43. The number of rotatable bonds is 5. The topological polar surface area (TPSA) is 79.7 Å². The van der Waals surface area contributed by atoms with Gasteiger partial charge in [-0.15, -0.1) is 11.3 Å². The second kappa shape index (κ2) is 7.98. The van der Waals surface area contributed by atoms with Gasteiger partial charge in [0.15, 0.2) is 23.3 Å². The molecule has 0 radical (unpaired) electrons. The van der Waals surface area contributed by atoms with Crippen molar-refractivity contribution in [2.75, 3.05) is 44.8 Å². The summed E-state index contributed by atoms with van der Waals surface area (Å²) in [6.07, 6.45) is 2.08. The van der Waals surface area contributed by atoms with Gasteiger partial charge in [0.25, 0.3) is 0 Å². The Hall–Kier alpha value is -2.07. The lowest BCUT2D eigenvalue weighted by atomic mass is 10.1. The first-order valence-electron chi connectivity index (χ1n) is 9.85. The maximum absolute atomic E-state index is 14.7. The molecule has 29 heavy (non-hydrogen) atoms. The van der Waals surface area contributed by atoms with Gasteiger partial charge in [-0.25, -0.2) is 9.37 Å². The highest BCUT2D eigenvalue weighted by Crippen LogP contribution is 2.35. The van der Waals surface area contributed by atoms with Crippen LogP contribution in [0, 0.1) is 11.0 Å². The van der Waals surface area contributed by atoms with Crippen LogP contribution in [0.2, 0.25) is 0 Å². The number of aryl methyl sites for hydroxylation is 1. The van der Waals surface area contributed by atoms with Crippen molar-refractivity contribution in [2.45, 2.75) is 25.7 Å². The van der Waals surface area contributed by atoms with Gasteiger partial charge in [-0.2, -0.15) is 0 Å². The number of likely N-dealkylation sites (N-methyl/N-ethyl adjacent to an activating group) is 1. The highest BCUT2D eigenvalue weighted by Gasteiger charge is 2.35. The van der Waals surface area contributed by atoms with E-state index >= 15 is 0 Å². The van der Waals surface area contributed by atoms with Gasteiger partial charge in [0.1, 0.15) is 6.54 Å². The number of hydroxylamine groups is 2. The van der Waals surface area contributed by atoms with E-state index in [1.807, 2.05) is 4.90 Å². The van der Waals surface area contributed by atoms with E-state index < -0.39 is 16.4 Å². The molecule has 4 rings (SSSR count). The largest absolute Gasteiger partial charge is 0.626 e. The first-order valence-corrected chi connectivity index (χ1v) is 10.7. The molecule has 0 spiro atoms. The number of quaternary nitrogens is 1. The molecule has 1 aromatic heterocycles. The number of carboxylic acids is 1. The fourth-order valence-corrected chi connectivity index (χ4v) is 5.05. The summed E-state index contributed by atoms with van der Waals surface area (Å²) in [5.74, 6) is -1.49. The molecule has 3 heterocycles. The van der Waals surface area contributed by atoms with Crippen LogP contribution < -0.4 is 9.55 Å². The van der Waals surface area contributed by atoms with Crippen molar-refractivity contribution in [3.63, 3.8) is 0 Å². The molecule has 2 aliphatic rings. The molecule has 2 aliphatic heterocycles. The molecule has 1 aromatic carbocycles. The second-order valence-corrected chi connectivity index (χ2v) is 8.93. The minimum Gasteiger partial charge on any atom is -0.626 e. The van der Waals surface area contributed by atoms with Gasteiger partial charge in [-0.3, -0.25) is 9.69 Å². The molecule has 0 bridgehead atoms. The number of aliphatic carboxylic acids is 1. The normalized spacial score (nSPS) is 22.5. The van der Waals surface area contributed by atoms with Crippen LogP contribution in [0.25, 0.3) is 0 Å². The van der Waals surface area contributed by atoms with Gasteiger partial charge in [0.05, 0.1) is 12.2 Å². The van der Waals surface area contributed by atoms with E-state index in [4.69, 9.17) is 10.1 Å². The molecule has 0 amide bonds. The number of carboxylic acid groups (broad SMARTS) is 1. The average molecular weight is 421 g/mol. The van der Waals surface area contributed by atoms with Crippen LogP contribution in [0.5, 0.6) is 0 Å². The maximum atomic E-state index is 14.7. The van der Waals surface area contributed by atoms with Gasteiger partial charge >= 0.3 is 5.97 Å². The summed E-state index contributed by atoms with van der Waals surface area (Å²) in [5.41, 5.74) is 1.82. The number of anilines is 1. The highest BCUT2D eigenvalue weighted by atomic mass is 32.1. The van der Waals surface area contributed by atoms with Crippen LogP contribution in [0.1, 0.15) is 22.6 Å². The zero-order valence-electron chi connectivity index (χ0n) is 16.4. The molecular weight excluding hydrogens is 395 g/mol. The maximum Gasteiger partial charge on any atom is 0.303 e. The van der Waals surface area contributed by atoms with E-state index in [1.54, 1.807) is 17.4 Å². The summed E-state index contributed by atoms with van der Waals surface area (Å²) in [6.45, 7) is 2.93. The molecule has 156 valence electrons.